The first-order chi connectivity index (χ1) is 7.86. The number of hydrogen-bond acceptors (Lipinski definition) is 4. The number of nitrogens with one attached hydrogen (secondary N) is 2. The topological polar surface area (TPSA) is 44.0 Å². The standard InChI is InChI=1S/C11H20N4S/c1-10(11-2-3-13-14-11)12-4-5-15-6-8-16-9-7-15/h2-3,10,12H,4-9H2,1H3,(H,13,14). The normalized spacial score (nSPS) is 19.8. The highest BCUT2D eigenvalue weighted by Crippen LogP contribution is 2.09. The summed E-state index contributed by atoms with van der Waals surface area (Å²) in [6, 6.07) is 2.39. The first kappa shape index (κ1) is 12.0. The molecular weight excluding hydrogens is 220 g/mol. The smallest absolute Gasteiger partial charge is 0.0518 e. The summed E-state index contributed by atoms with van der Waals surface area (Å²) in [6.07, 6.45) is 1.80. The maximum absolute atomic E-state index is 3.96. The van der Waals surface area contributed by atoms with Crippen LogP contribution in [0.15, 0.2) is 12.3 Å². The molecule has 1 atom stereocenters. The molecule has 0 amide bonds. The third-order valence-corrected chi connectivity index (χ3v) is 3.91. The van der Waals surface area contributed by atoms with Gasteiger partial charge in [0.25, 0.3) is 0 Å². The summed E-state index contributed by atoms with van der Waals surface area (Å²) in [5.74, 6) is 2.58. The second kappa shape index (κ2) is 6.27. The second-order valence-corrected chi connectivity index (χ2v) is 5.37. The van der Waals surface area contributed by atoms with E-state index in [1.807, 2.05) is 6.07 Å². The number of H-pyrrole nitrogens is 1. The largest absolute Gasteiger partial charge is 0.308 e. The lowest BCUT2D eigenvalue weighted by Crippen LogP contribution is -2.38. The van der Waals surface area contributed by atoms with E-state index < -0.39 is 0 Å². The maximum atomic E-state index is 3.96. The molecule has 2 N–H and O–H groups in total. The number of nitrogens with zero attached hydrogens (tertiary/aromatic N) is 2. The van der Waals surface area contributed by atoms with E-state index in [0.717, 1.165) is 18.8 Å². The molecule has 0 radical (unpaired) electrons. The van der Waals surface area contributed by atoms with E-state index in [2.05, 4.69) is 39.1 Å². The van der Waals surface area contributed by atoms with E-state index in [4.69, 9.17) is 0 Å². The van der Waals surface area contributed by atoms with Crippen LogP contribution in [0.5, 0.6) is 0 Å². The molecule has 2 heterocycles. The highest BCUT2D eigenvalue weighted by atomic mass is 32.2. The Labute approximate surface area is 101 Å². The summed E-state index contributed by atoms with van der Waals surface area (Å²) >= 11 is 2.06. The van der Waals surface area contributed by atoms with E-state index in [1.165, 1.54) is 24.6 Å². The first-order valence-corrected chi connectivity index (χ1v) is 7.04. The van der Waals surface area contributed by atoms with Gasteiger partial charge in [-0.25, -0.2) is 0 Å². The molecule has 0 bridgehead atoms. The highest BCUT2D eigenvalue weighted by molar-refractivity contribution is 7.99. The van der Waals surface area contributed by atoms with Crippen molar-refractivity contribution in [2.45, 2.75) is 13.0 Å². The average molecular weight is 240 g/mol. The van der Waals surface area contributed by atoms with Crippen LogP contribution in [0, 0.1) is 0 Å². The van der Waals surface area contributed by atoms with Gasteiger partial charge in [0.15, 0.2) is 0 Å². The summed E-state index contributed by atoms with van der Waals surface area (Å²) in [5, 5.41) is 10.5. The van der Waals surface area contributed by atoms with Gasteiger partial charge in [0, 0.05) is 49.9 Å². The minimum absolute atomic E-state index is 0.363. The molecule has 1 aromatic heterocycles. The lowest BCUT2D eigenvalue weighted by molar-refractivity contribution is 0.296. The van der Waals surface area contributed by atoms with Crippen molar-refractivity contribution < 1.29 is 0 Å². The molecule has 1 saturated heterocycles. The van der Waals surface area contributed by atoms with Gasteiger partial charge in [-0.1, -0.05) is 0 Å². The van der Waals surface area contributed by atoms with Gasteiger partial charge in [0.1, 0.15) is 0 Å². The Balaban J connectivity index is 1.63. The van der Waals surface area contributed by atoms with E-state index in [1.54, 1.807) is 6.20 Å². The van der Waals surface area contributed by atoms with Gasteiger partial charge in [0.2, 0.25) is 0 Å². The molecule has 5 heteroatoms. The monoisotopic (exact) mass is 240 g/mol. The molecule has 16 heavy (non-hydrogen) atoms. The van der Waals surface area contributed by atoms with E-state index in [9.17, 15) is 0 Å². The van der Waals surface area contributed by atoms with Gasteiger partial charge in [-0.3, -0.25) is 5.10 Å². The van der Waals surface area contributed by atoms with Crippen molar-refractivity contribution in [1.82, 2.24) is 20.4 Å². The van der Waals surface area contributed by atoms with Gasteiger partial charge in [-0.2, -0.15) is 16.9 Å². The fraction of sp³-hybridized carbons (Fsp3) is 0.727. The fourth-order valence-corrected chi connectivity index (χ4v) is 2.86. The van der Waals surface area contributed by atoms with Gasteiger partial charge in [-0.15, -0.1) is 0 Å². The molecule has 1 aliphatic rings. The van der Waals surface area contributed by atoms with Crippen molar-refractivity contribution in [3.63, 3.8) is 0 Å². The lowest BCUT2D eigenvalue weighted by Gasteiger charge is -2.26. The van der Waals surface area contributed by atoms with Crippen molar-refractivity contribution >= 4 is 11.8 Å². The Kier molecular flexibility index (Phi) is 4.69. The van der Waals surface area contributed by atoms with Crippen LogP contribution < -0.4 is 5.32 Å². The van der Waals surface area contributed by atoms with Crippen LogP contribution in [0.3, 0.4) is 0 Å². The molecule has 0 saturated carbocycles. The van der Waals surface area contributed by atoms with Gasteiger partial charge >= 0.3 is 0 Å². The molecule has 2 rings (SSSR count). The van der Waals surface area contributed by atoms with E-state index in [0.29, 0.717) is 6.04 Å². The van der Waals surface area contributed by atoms with Crippen LogP contribution in [0.1, 0.15) is 18.7 Å². The van der Waals surface area contributed by atoms with Gasteiger partial charge in [-0.05, 0) is 13.0 Å². The predicted octanol–water partition coefficient (Wildman–Crippen LogP) is 1.11. The molecule has 1 aliphatic heterocycles. The molecule has 1 fully saturated rings. The Morgan fingerprint density at radius 3 is 3.06 bits per heavy atom. The third kappa shape index (κ3) is 3.50. The molecule has 0 aromatic carbocycles. The molecule has 4 nitrogen and oxygen atoms in total. The van der Waals surface area contributed by atoms with Crippen molar-refractivity contribution in [3.8, 4) is 0 Å². The molecular formula is C11H20N4S. The Hall–Kier alpha value is -0.520. The number of thioether (sulfide) groups is 1. The molecule has 1 unspecified atom stereocenters. The number of aromatic amines is 1. The summed E-state index contributed by atoms with van der Waals surface area (Å²) < 4.78 is 0. The maximum Gasteiger partial charge on any atom is 0.0518 e. The van der Waals surface area contributed by atoms with Crippen LogP contribution >= 0.6 is 11.8 Å². The summed E-state index contributed by atoms with van der Waals surface area (Å²) in [7, 11) is 0. The summed E-state index contributed by atoms with van der Waals surface area (Å²) in [5.41, 5.74) is 1.16. The van der Waals surface area contributed by atoms with Crippen LogP contribution in [-0.2, 0) is 0 Å². The van der Waals surface area contributed by atoms with Gasteiger partial charge in [0.05, 0.1) is 5.69 Å². The Bertz CT molecular complexity index is 282. The predicted molar refractivity (Wildman–Crippen MR) is 68.8 cm³/mol. The molecule has 0 aliphatic carbocycles. The number of aromatic nitrogens is 2. The second-order valence-electron chi connectivity index (χ2n) is 4.14. The SMILES string of the molecule is CC(NCCN1CCSCC1)c1ccn[nH]1. The Morgan fingerprint density at radius 1 is 1.56 bits per heavy atom. The quantitative estimate of drug-likeness (QED) is 0.809. The lowest BCUT2D eigenvalue weighted by atomic mass is 10.2. The highest BCUT2D eigenvalue weighted by Gasteiger charge is 2.10. The zero-order valence-corrected chi connectivity index (χ0v) is 10.6. The van der Waals surface area contributed by atoms with Crippen molar-refractivity contribution in [2.75, 3.05) is 37.7 Å². The number of rotatable bonds is 5. The van der Waals surface area contributed by atoms with Crippen LogP contribution in [-0.4, -0.2) is 52.8 Å². The minimum atomic E-state index is 0.363. The van der Waals surface area contributed by atoms with Crippen molar-refractivity contribution in [3.05, 3.63) is 18.0 Å². The zero-order valence-electron chi connectivity index (χ0n) is 9.78. The molecule has 1 aromatic rings. The van der Waals surface area contributed by atoms with Crippen molar-refractivity contribution in [1.29, 1.82) is 0 Å². The van der Waals surface area contributed by atoms with Crippen LogP contribution in [0.25, 0.3) is 0 Å². The molecule has 0 spiro atoms. The van der Waals surface area contributed by atoms with Gasteiger partial charge < -0.3 is 10.2 Å². The zero-order chi connectivity index (χ0) is 11.2. The summed E-state index contributed by atoms with van der Waals surface area (Å²) in [4.78, 5) is 2.53. The van der Waals surface area contributed by atoms with Crippen LogP contribution in [0.4, 0.5) is 0 Å². The van der Waals surface area contributed by atoms with Crippen LogP contribution in [0.2, 0.25) is 0 Å². The van der Waals surface area contributed by atoms with E-state index in [-0.39, 0.29) is 0 Å². The van der Waals surface area contributed by atoms with Crippen molar-refractivity contribution in [2.24, 2.45) is 0 Å². The third-order valence-electron chi connectivity index (χ3n) is 2.97. The first-order valence-electron chi connectivity index (χ1n) is 5.89. The Morgan fingerprint density at radius 2 is 2.38 bits per heavy atom. The average Bonchev–Trinajstić information content (AvgIpc) is 2.84. The molecule has 90 valence electrons. The number of hydrogen-bond donors (Lipinski definition) is 2. The summed E-state index contributed by atoms with van der Waals surface area (Å²) in [6.45, 7) is 6.85. The van der Waals surface area contributed by atoms with E-state index >= 15 is 0 Å². The fourth-order valence-electron chi connectivity index (χ4n) is 1.88. The minimum Gasteiger partial charge on any atom is -0.308 e.